The van der Waals surface area contributed by atoms with Gasteiger partial charge in [0.25, 0.3) is 0 Å². The van der Waals surface area contributed by atoms with Crippen LogP contribution >= 0.6 is 0 Å². The monoisotopic (exact) mass is 460 g/mol. The Bertz CT molecular complexity index is 981. The van der Waals surface area contributed by atoms with Gasteiger partial charge >= 0.3 is 5.97 Å². The van der Waals surface area contributed by atoms with Gasteiger partial charge in [-0.1, -0.05) is 36.8 Å². The quantitative estimate of drug-likeness (QED) is 0.446. The van der Waals surface area contributed by atoms with Gasteiger partial charge in [-0.3, -0.25) is 4.79 Å². The third-order valence-electron chi connectivity index (χ3n) is 5.98. The van der Waals surface area contributed by atoms with Crippen LogP contribution in [-0.4, -0.2) is 38.0 Å². The van der Waals surface area contributed by atoms with Crippen LogP contribution in [0.2, 0.25) is 0 Å². The predicted octanol–water partition coefficient (Wildman–Crippen LogP) is 5.05. The molecule has 1 fully saturated rings. The molecule has 0 amide bonds. The number of carbonyl (C=O) groups is 1. The van der Waals surface area contributed by atoms with Crippen LogP contribution in [0.4, 0.5) is 0 Å². The number of aliphatic carboxylic acids is 1. The van der Waals surface area contributed by atoms with Crippen molar-refractivity contribution in [2.45, 2.75) is 74.0 Å². The first kappa shape index (κ1) is 24.1. The van der Waals surface area contributed by atoms with Crippen LogP contribution in [0.5, 0.6) is 11.5 Å². The number of carboxylic acid groups (broad SMARTS) is 1. The van der Waals surface area contributed by atoms with E-state index in [-0.39, 0.29) is 11.0 Å². The van der Waals surface area contributed by atoms with Gasteiger partial charge in [-0.25, -0.2) is 8.42 Å². The highest BCUT2D eigenvalue weighted by molar-refractivity contribution is 7.92. The minimum absolute atomic E-state index is 0.0717. The molecule has 0 saturated heterocycles. The summed E-state index contributed by atoms with van der Waals surface area (Å²) in [5.41, 5.74) is 1.19. The molecule has 0 aromatic heterocycles. The Morgan fingerprint density at radius 3 is 2.44 bits per heavy atom. The van der Waals surface area contributed by atoms with E-state index < -0.39 is 27.5 Å². The van der Waals surface area contributed by atoms with E-state index in [1.807, 2.05) is 30.3 Å². The first-order chi connectivity index (χ1) is 15.4. The lowest BCUT2D eigenvalue weighted by molar-refractivity contribution is -0.137. The van der Waals surface area contributed by atoms with E-state index >= 15 is 0 Å². The Morgan fingerprint density at radius 2 is 1.78 bits per heavy atom. The molecule has 7 heteroatoms. The van der Waals surface area contributed by atoms with Crippen molar-refractivity contribution in [3.8, 4) is 11.5 Å². The van der Waals surface area contributed by atoms with Crippen LogP contribution in [0.3, 0.4) is 0 Å². The van der Waals surface area contributed by atoms with Crippen molar-refractivity contribution < 1.29 is 27.8 Å². The van der Waals surface area contributed by atoms with E-state index in [0.29, 0.717) is 24.3 Å². The lowest BCUT2D eigenvalue weighted by Crippen LogP contribution is -2.25. The molecular formula is C25H32O6S. The van der Waals surface area contributed by atoms with Gasteiger partial charge in [0, 0.05) is 6.07 Å². The topological polar surface area (TPSA) is 89.9 Å². The normalized spacial score (nSPS) is 15.4. The van der Waals surface area contributed by atoms with E-state index in [9.17, 15) is 18.3 Å². The molecule has 1 aliphatic rings. The maximum Gasteiger partial charge on any atom is 0.304 e. The zero-order chi connectivity index (χ0) is 23.0. The number of aryl methyl sites for hydroxylation is 1. The van der Waals surface area contributed by atoms with E-state index in [2.05, 4.69) is 0 Å². The van der Waals surface area contributed by atoms with Crippen molar-refractivity contribution in [2.75, 3.05) is 7.11 Å². The molecule has 1 saturated carbocycles. The average molecular weight is 461 g/mol. The van der Waals surface area contributed by atoms with Gasteiger partial charge < -0.3 is 14.6 Å². The molecule has 174 valence electrons. The molecule has 0 spiro atoms. The van der Waals surface area contributed by atoms with Crippen molar-refractivity contribution >= 4 is 15.8 Å². The minimum atomic E-state index is -3.83. The standard InChI is InChI=1S/C25H32O6S/c1-30-24-17-22(15-16-23(24)31-20-12-6-7-13-20)32(28,29)21(18-25(26)27)14-8-5-11-19-9-3-2-4-10-19/h2-4,9-10,15-17,20-21H,5-8,11-14,18H2,1H3,(H,26,27). The van der Waals surface area contributed by atoms with Crippen LogP contribution in [0.25, 0.3) is 0 Å². The number of sulfone groups is 1. The number of hydrogen-bond acceptors (Lipinski definition) is 5. The summed E-state index contributed by atoms with van der Waals surface area (Å²) in [5, 5.41) is 8.34. The van der Waals surface area contributed by atoms with Gasteiger partial charge in [-0.15, -0.1) is 0 Å². The first-order valence-corrected chi connectivity index (χ1v) is 12.8. The summed E-state index contributed by atoms with van der Waals surface area (Å²) in [4.78, 5) is 11.5. The number of hydrogen-bond donors (Lipinski definition) is 1. The SMILES string of the molecule is COc1cc(S(=O)(=O)C(CCCCc2ccccc2)CC(=O)O)ccc1OC1CCCC1. The number of unbranched alkanes of at least 4 members (excludes halogenated alkanes) is 1. The summed E-state index contributed by atoms with van der Waals surface area (Å²) in [5.74, 6) is -0.234. The van der Waals surface area contributed by atoms with Gasteiger partial charge in [0.2, 0.25) is 0 Å². The molecule has 0 radical (unpaired) electrons. The van der Waals surface area contributed by atoms with E-state index in [1.54, 1.807) is 6.07 Å². The van der Waals surface area contributed by atoms with Crippen molar-refractivity contribution in [3.05, 3.63) is 54.1 Å². The van der Waals surface area contributed by atoms with E-state index in [1.165, 1.54) is 24.8 Å². The second-order valence-corrected chi connectivity index (χ2v) is 10.6. The summed E-state index contributed by atoms with van der Waals surface area (Å²) >= 11 is 0. The molecule has 1 unspecified atom stereocenters. The Balaban J connectivity index is 1.70. The highest BCUT2D eigenvalue weighted by atomic mass is 32.2. The van der Waals surface area contributed by atoms with Crippen molar-refractivity contribution in [3.63, 3.8) is 0 Å². The smallest absolute Gasteiger partial charge is 0.304 e. The summed E-state index contributed by atoms with van der Waals surface area (Å²) in [6.45, 7) is 0. The third-order valence-corrected chi connectivity index (χ3v) is 8.18. The predicted molar refractivity (Wildman–Crippen MR) is 123 cm³/mol. The van der Waals surface area contributed by atoms with Crippen LogP contribution < -0.4 is 9.47 Å². The fraction of sp³-hybridized carbons (Fsp3) is 0.480. The molecule has 2 aromatic rings. The molecule has 6 nitrogen and oxygen atoms in total. The highest BCUT2D eigenvalue weighted by Crippen LogP contribution is 2.35. The molecule has 2 aromatic carbocycles. The van der Waals surface area contributed by atoms with Crippen LogP contribution in [0, 0.1) is 0 Å². The van der Waals surface area contributed by atoms with Gasteiger partial charge in [-0.2, -0.15) is 0 Å². The van der Waals surface area contributed by atoms with Crippen molar-refractivity contribution in [1.82, 2.24) is 0 Å². The summed E-state index contributed by atoms with van der Waals surface area (Å²) in [7, 11) is -2.36. The number of methoxy groups -OCH3 is 1. The number of benzene rings is 2. The van der Waals surface area contributed by atoms with E-state index in [0.717, 1.165) is 38.5 Å². The molecule has 1 atom stereocenters. The second-order valence-electron chi connectivity index (χ2n) is 8.33. The molecular weight excluding hydrogens is 428 g/mol. The summed E-state index contributed by atoms with van der Waals surface area (Å²) in [6.07, 6.45) is 6.47. The lowest BCUT2D eigenvalue weighted by Gasteiger charge is -2.19. The van der Waals surface area contributed by atoms with Crippen molar-refractivity contribution in [2.24, 2.45) is 0 Å². The molecule has 0 aliphatic heterocycles. The highest BCUT2D eigenvalue weighted by Gasteiger charge is 2.30. The van der Waals surface area contributed by atoms with Gasteiger partial charge in [0.15, 0.2) is 21.3 Å². The maximum atomic E-state index is 13.3. The fourth-order valence-corrected chi connectivity index (χ4v) is 5.96. The summed E-state index contributed by atoms with van der Waals surface area (Å²) in [6, 6.07) is 14.6. The molecule has 32 heavy (non-hydrogen) atoms. The number of ether oxygens (including phenoxy) is 2. The molecule has 0 heterocycles. The summed E-state index contributed by atoms with van der Waals surface area (Å²) < 4.78 is 38.0. The first-order valence-electron chi connectivity index (χ1n) is 11.2. The molecule has 1 N–H and O–H groups in total. The van der Waals surface area contributed by atoms with Crippen LogP contribution in [0.15, 0.2) is 53.4 Å². The van der Waals surface area contributed by atoms with Gasteiger partial charge in [0.05, 0.1) is 29.8 Å². The third kappa shape index (κ3) is 6.48. The number of rotatable bonds is 12. The molecule has 3 rings (SSSR count). The van der Waals surface area contributed by atoms with Crippen LogP contribution in [-0.2, 0) is 21.1 Å². The Hall–Kier alpha value is -2.54. The van der Waals surface area contributed by atoms with Gasteiger partial charge in [-0.05, 0) is 62.6 Å². The number of carboxylic acids is 1. The Labute approximate surface area is 190 Å². The Morgan fingerprint density at radius 1 is 1.06 bits per heavy atom. The van der Waals surface area contributed by atoms with Crippen LogP contribution in [0.1, 0.15) is 56.9 Å². The zero-order valence-corrected chi connectivity index (χ0v) is 19.4. The van der Waals surface area contributed by atoms with Crippen molar-refractivity contribution in [1.29, 1.82) is 0 Å². The lowest BCUT2D eigenvalue weighted by atomic mass is 10.1. The Kier molecular flexibility index (Phi) is 8.56. The molecule has 0 bridgehead atoms. The zero-order valence-electron chi connectivity index (χ0n) is 18.5. The van der Waals surface area contributed by atoms with Gasteiger partial charge in [0.1, 0.15) is 0 Å². The fourth-order valence-electron chi connectivity index (χ4n) is 4.21. The molecule has 1 aliphatic carbocycles. The maximum absolute atomic E-state index is 13.3. The average Bonchev–Trinajstić information content (AvgIpc) is 3.29. The largest absolute Gasteiger partial charge is 0.493 e. The van der Waals surface area contributed by atoms with E-state index in [4.69, 9.17) is 9.47 Å². The minimum Gasteiger partial charge on any atom is -0.493 e. The second kappa shape index (κ2) is 11.4.